The monoisotopic (exact) mass is 483 g/mol. The number of benzene rings is 1. The molecule has 33 heavy (non-hydrogen) atoms. The maximum atomic E-state index is 13.0. The fraction of sp³-hybridized carbons (Fsp3) is 0.273. The molecular weight excluding hydrogens is 462 g/mol. The van der Waals surface area contributed by atoms with E-state index in [1.165, 1.54) is 22.2 Å². The summed E-state index contributed by atoms with van der Waals surface area (Å²) in [7, 11) is 0. The number of carbonyl (C=O) groups is 2. The van der Waals surface area contributed by atoms with Gasteiger partial charge in [0.15, 0.2) is 0 Å². The fourth-order valence-electron chi connectivity index (χ4n) is 3.09. The zero-order chi connectivity index (χ0) is 23.5. The van der Waals surface area contributed by atoms with Gasteiger partial charge in [-0.25, -0.2) is 9.78 Å². The Morgan fingerprint density at radius 3 is 2.61 bits per heavy atom. The summed E-state index contributed by atoms with van der Waals surface area (Å²) in [6.45, 7) is 5.56. The first-order valence-electron chi connectivity index (χ1n) is 10.2. The Kier molecular flexibility index (Phi) is 6.61. The van der Waals surface area contributed by atoms with Crippen molar-refractivity contribution in [1.82, 2.24) is 19.7 Å². The molecule has 0 aliphatic heterocycles. The second kappa shape index (κ2) is 9.59. The van der Waals surface area contributed by atoms with Crippen LogP contribution in [0.2, 0.25) is 0 Å². The second-order valence-corrected chi connectivity index (χ2v) is 9.63. The maximum Gasteiger partial charge on any atom is 0.349 e. The number of esters is 1. The fourth-order valence-corrected chi connectivity index (χ4v) is 4.88. The summed E-state index contributed by atoms with van der Waals surface area (Å²) in [4.78, 5) is 43.1. The highest BCUT2D eigenvalue weighted by molar-refractivity contribution is 7.20. The summed E-state index contributed by atoms with van der Waals surface area (Å²) in [6, 6.07) is 9.34. The number of nitrogens with one attached hydrogen (secondary N) is 1. The lowest BCUT2D eigenvalue weighted by Gasteiger charge is -2.05. The van der Waals surface area contributed by atoms with E-state index in [-0.39, 0.29) is 19.1 Å². The van der Waals surface area contributed by atoms with E-state index in [1.54, 1.807) is 6.92 Å². The minimum atomic E-state index is -0.514. The van der Waals surface area contributed by atoms with Gasteiger partial charge < -0.3 is 4.74 Å². The van der Waals surface area contributed by atoms with Crippen LogP contribution in [0, 0.1) is 6.92 Å². The molecular formula is C22H21N5O4S2. The first-order chi connectivity index (χ1) is 15.8. The molecule has 1 amide bonds. The van der Waals surface area contributed by atoms with E-state index >= 15 is 0 Å². The van der Waals surface area contributed by atoms with Gasteiger partial charge in [0.1, 0.15) is 27.9 Å². The van der Waals surface area contributed by atoms with Crippen molar-refractivity contribution in [1.29, 1.82) is 0 Å². The SMILES string of the molecule is Cc1c(C(=O)OCc2ccccc2)sc2ncn(CC(=O)Nc3nnc(C(C)C)s3)c(=O)c12. The third kappa shape index (κ3) is 4.99. The number of carbonyl (C=O) groups excluding carboxylic acids is 2. The normalized spacial score (nSPS) is 11.2. The van der Waals surface area contributed by atoms with Crippen molar-refractivity contribution in [3.05, 3.63) is 68.0 Å². The molecule has 170 valence electrons. The Morgan fingerprint density at radius 1 is 1.15 bits per heavy atom. The van der Waals surface area contributed by atoms with Crippen LogP contribution in [0.15, 0.2) is 41.5 Å². The number of aryl methyl sites for hydroxylation is 1. The summed E-state index contributed by atoms with van der Waals surface area (Å²) in [6.07, 6.45) is 1.30. The van der Waals surface area contributed by atoms with Crippen molar-refractivity contribution in [3.8, 4) is 0 Å². The van der Waals surface area contributed by atoms with E-state index in [9.17, 15) is 14.4 Å². The van der Waals surface area contributed by atoms with Crippen LogP contribution in [0.1, 0.15) is 45.6 Å². The molecule has 4 aromatic rings. The number of thiophene rings is 1. The minimum absolute atomic E-state index is 0.134. The number of amides is 1. The lowest BCUT2D eigenvalue weighted by molar-refractivity contribution is -0.116. The Labute approximate surface area is 197 Å². The van der Waals surface area contributed by atoms with Crippen molar-refractivity contribution in [3.63, 3.8) is 0 Å². The van der Waals surface area contributed by atoms with Gasteiger partial charge in [0.2, 0.25) is 11.0 Å². The molecule has 0 bridgehead atoms. The van der Waals surface area contributed by atoms with Gasteiger partial charge >= 0.3 is 5.97 Å². The van der Waals surface area contributed by atoms with Crippen molar-refractivity contribution >= 4 is 49.9 Å². The van der Waals surface area contributed by atoms with Crippen LogP contribution in [0.4, 0.5) is 5.13 Å². The van der Waals surface area contributed by atoms with E-state index in [0.29, 0.717) is 25.8 Å². The summed E-state index contributed by atoms with van der Waals surface area (Å²) >= 11 is 2.39. The van der Waals surface area contributed by atoms with Gasteiger partial charge in [-0.15, -0.1) is 21.5 Å². The van der Waals surface area contributed by atoms with Crippen molar-refractivity contribution in [2.45, 2.75) is 39.8 Å². The zero-order valence-electron chi connectivity index (χ0n) is 18.2. The molecule has 11 heteroatoms. The van der Waals surface area contributed by atoms with Crippen LogP contribution >= 0.6 is 22.7 Å². The number of nitrogens with zero attached hydrogens (tertiary/aromatic N) is 4. The Balaban J connectivity index is 1.51. The van der Waals surface area contributed by atoms with Gasteiger partial charge in [0, 0.05) is 5.92 Å². The van der Waals surface area contributed by atoms with Crippen LogP contribution in [-0.4, -0.2) is 31.6 Å². The summed E-state index contributed by atoms with van der Waals surface area (Å²) in [5.74, 6) is -0.724. The topological polar surface area (TPSA) is 116 Å². The summed E-state index contributed by atoms with van der Waals surface area (Å²) < 4.78 is 6.61. The third-order valence-electron chi connectivity index (χ3n) is 4.81. The molecule has 4 rings (SSSR count). The molecule has 0 aliphatic carbocycles. The number of aromatic nitrogens is 4. The molecule has 1 N–H and O–H groups in total. The number of rotatable bonds is 7. The first-order valence-corrected chi connectivity index (χ1v) is 11.8. The lowest BCUT2D eigenvalue weighted by atomic mass is 10.2. The number of ether oxygens (including phenoxy) is 1. The zero-order valence-corrected chi connectivity index (χ0v) is 19.8. The Hall–Kier alpha value is -3.44. The maximum absolute atomic E-state index is 13.0. The third-order valence-corrected chi connectivity index (χ3v) is 7.13. The first kappa shape index (κ1) is 22.7. The predicted octanol–water partition coefficient (Wildman–Crippen LogP) is 3.74. The number of anilines is 1. The molecule has 3 aromatic heterocycles. The molecule has 3 heterocycles. The smallest absolute Gasteiger partial charge is 0.349 e. The molecule has 0 saturated carbocycles. The summed E-state index contributed by atoms with van der Waals surface area (Å²) in [5.41, 5.74) is 0.962. The quantitative estimate of drug-likeness (QED) is 0.398. The molecule has 0 radical (unpaired) electrons. The van der Waals surface area contributed by atoms with Crippen LogP contribution < -0.4 is 10.9 Å². The van der Waals surface area contributed by atoms with Gasteiger partial charge in [-0.3, -0.25) is 19.5 Å². The molecule has 0 spiro atoms. The molecule has 0 fully saturated rings. The van der Waals surface area contributed by atoms with Gasteiger partial charge in [-0.05, 0) is 18.1 Å². The summed E-state index contributed by atoms with van der Waals surface area (Å²) in [5, 5.41) is 12.1. The van der Waals surface area contributed by atoms with Gasteiger partial charge in [-0.2, -0.15) is 0 Å². The van der Waals surface area contributed by atoms with Crippen molar-refractivity contribution in [2.75, 3.05) is 5.32 Å². The van der Waals surface area contributed by atoms with E-state index in [1.807, 2.05) is 44.2 Å². The predicted molar refractivity (Wildman–Crippen MR) is 127 cm³/mol. The van der Waals surface area contributed by atoms with Gasteiger partial charge in [-0.1, -0.05) is 55.5 Å². The number of hydrogen-bond acceptors (Lipinski definition) is 9. The molecule has 0 saturated heterocycles. The molecule has 0 unspecified atom stereocenters. The standard InChI is InChI=1S/C22H21N5O4S2/c1-12(2)18-25-26-22(33-18)24-15(28)9-27-11-23-19-16(20(27)29)13(3)17(32-19)21(30)31-10-14-7-5-4-6-8-14/h4-8,11-12H,9-10H2,1-3H3,(H,24,26,28). The molecule has 0 atom stereocenters. The number of fused-ring (bicyclic) bond motifs is 1. The van der Waals surface area contributed by atoms with E-state index in [4.69, 9.17) is 4.74 Å². The highest BCUT2D eigenvalue weighted by Gasteiger charge is 2.21. The van der Waals surface area contributed by atoms with Crippen molar-refractivity contribution in [2.24, 2.45) is 0 Å². The molecule has 9 nitrogen and oxygen atoms in total. The second-order valence-electron chi connectivity index (χ2n) is 7.62. The van der Waals surface area contributed by atoms with Gasteiger partial charge in [0.05, 0.1) is 11.7 Å². The van der Waals surface area contributed by atoms with Crippen LogP contribution in [0.5, 0.6) is 0 Å². The van der Waals surface area contributed by atoms with Gasteiger partial charge in [0.25, 0.3) is 5.56 Å². The van der Waals surface area contributed by atoms with Crippen molar-refractivity contribution < 1.29 is 14.3 Å². The lowest BCUT2D eigenvalue weighted by Crippen LogP contribution is -2.27. The average molecular weight is 484 g/mol. The Morgan fingerprint density at radius 2 is 1.91 bits per heavy atom. The van der Waals surface area contributed by atoms with Crippen LogP contribution in [-0.2, 0) is 22.7 Å². The molecule has 1 aromatic carbocycles. The van der Waals surface area contributed by atoms with E-state index in [0.717, 1.165) is 21.9 Å². The highest BCUT2D eigenvalue weighted by atomic mass is 32.1. The van der Waals surface area contributed by atoms with E-state index in [2.05, 4.69) is 20.5 Å². The largest absolute Gasteiger partial charge is 0.457 e. The van der Waals surface area contributed by atoms with Crippen LogP contribution in [0.3, 0.4) is 0 Å². The Bertz CT molecular complexity index is 1370. The van der Waals surface area contributed by atoms with E-state index < -0.39 is 17.4 Å². The minimum Gasteiger partial charge on any atom is -0.457 e. The highest BCUT2D eigenvalue weighted by Crippen LogP contribution is 2.28. The van der Waals surface area contributed by atoms with Crippen LogP contribution in [0.25, 0.3) is 10.2 Å². The molecule has 0 aliphatic rings. The average Bonchev–Trinajstić information content (AvgIpc) is 3.40. The number of hydrogen-bond donors (Lipinski definition) is 1.